The molecule has 2 rings (SSSR count). The molecule has 0 bridgehead atoms. The van der Waals surface area contributed by atoms with E-state index in [2.05, 4.69) is 64.1 Å². The van der Waals surface area contributed by atoms with Crippen LogP contribution in [0.2, 0.25) is 0 Å². The van der Waals surface area contributed by atoms with Crippen LogP contribution in [-0.2, 0) is 25.9 Å². The lowest BCUT2D eigenvalue weighted by atomic mass is 10.1. The van der Waals surface area contributed by atoms with Gasteiger partial charge in [-0.05, 0) is 24.0 Å². The van der Waals surface area contributed by atoms with E-state index in [0.717, 1.165) is 31.0 Å². The molecule has 0 aliphatic carbocycles. The first-order chi connectivity index (χ1) is 10.8. The number of aliphatic imine (C=N–C) groups is 1. The van der Waals surface area contributed by atoms with Crippen LogP contribution in [0.1, 0.15) is 35.7 Å². The number of halogens is 1. The van der Waals surface area contributed by atoms with Crippen molar-refractivity contribution in [3.63, 3.8) is 0 Å². The van der Waals surface area contributed by atoms with Crippen LogP contribution in [0, 0.1) is 0 Å². The van der Waals surface area contributed by atoms with E-state index < -0.39 is 0 Å². The van der Waals surface area contributed by atoms with Crippen molar-refractivity contribution >= 4 is 41.3 Å². The molecule has 0 saturated carbocycles. The summed E-state index contributed by atoms with van der Waals surface area (Å²) >= 11 is 1.71. The molecule has 0 fully saturated rings. The van der Waals surface area contributed by atoms with Gasteiger partial charge in [-0.3, -0.25) is 4.99 Å². The maximum absolute atomic E-state index is 4.55. The van der Waals surface area contributed by atoms with E-state index in [1.54, 1.807) is 18.4 Å². The first-order valence-electron chi connectivity index (χ1n) is 7.71. The number of benzene rings is 1. The highest BCUT2D eigenvalue weighted by molar-refractivity contribution is 14.0. The topological polar surface area (TPSA) is 49.3 Å². The first kappa shape index (κ1) is 19.9. The molecule has 0 aliphatic heterocycles. The summed E-state index contributed by atoms with van der Waals surface area (Å²) in [6.07, 6.45) is 2.04. The Labute approximate surface area is 159 Å². The monoisotopic (exact) mass is 444 g/mol. The van der Waals surface area contributed by atoms with Crippen molar-refractivity contribution in [2.45, 2.75) is 39.8 Å². The lowest BCUT2D eigenvalue weighted by molar-refractivity contribution is 0.790. The van der Waals surface area contributed by atoms with Gasteiger partial charge < -0.3 is 10.6 Å². The second-order valence-electron chi connectivity index (χ2n) is 4.99. The predicted octanol–water partition coefficient (Wildman–Crippen LogP) is 3.75. The van der Waals surface area contributed by atoms with Crippen molar-refractivity contribution in [2.75, 3.05) is 7.05 Å². The number of nitrogens with one attached hydrogen (secondary N) is 2. The van der Waals surface area contributed by atoms with E-state index in [1.165, 1.54) is 16.1 Å². The number of aromatic nitrogens is 1. The quantitative estimate of drug-likeness (QED) is 0.406. The molecule has 2 N–H and O–H groups in total. The molecule has 0 amide bonds. The molecule has 0 unspecified atom stereocenters. The number of aryl methyl sites for hydroxylation is 2. The number of nitrogens with zero attached hydrogens (tertiary/aromatic N) is 2. The third-order valence-electron chi connectivity index (χ3n) is 3.51. The Kier molecular flexibility index (Phi) is 9.16. The number of guanidine groups is 1. The molecule has 4 nitrogen and oxygen atoms in total. The molecule has 1 aromatic carbocycles. The van der Waals surface area contributed by atoms with Crippen molar-refractivity contribution in [3.05, 3.63) is 51.5 Å². The zero-order valence-electron chi connectivity index (χ0n) is 13.9. The van der Waals surface area contributed by atoms with Gasteiger partial charge in [-0.25, -0.2) is 4.98 Å². The summed E-state index contributed by atoms with van der Waals surface area (Å²) in [7, 11) is 1.79. The summed E-state index contributed by atoms with van der Waals surface area (Å²) in [5.41, 5.74) is 3.76. The van der Waals surface area contributed by atoms with Crippen LogP contribution >= 0.6 is 35.3 Å². The minimum absolute atomic E-state index is 0. The molecular formula is C17H25IN4S. The van der Waals surface area contributed by atoms with Gasteiger partial charge in [0.2, 0.25) is 0 Å². The normalized spacial score (nSPS) is 11.0. The smallest absolute Gasteiger partial charge is 0.191 e. The maximum atomic E-state index is 4.55. The van der Waals surface area contributed by atoms with Crippen LogP contribution in [0.4, 0.5) is 0 Å². The average Bonchev–Trinajstić information content (AvgIpc) is 3.03. The molecule has 6 heteroatoms. The highest BCUT2D eigenvalue weighted by Crippen LogP contribution is 2.10. The minimum atomic E-state index is 0. The number of thiazole rings is 1. The molecule has 0 aliphatic rings. The average molecular weight is 444 g/mol. The molecule has 2 aromatic rings. The van der Waals surface area contributed by atoms with Crippen LogP contribution < -0.4 is 10.6 Å². The van der Waals surface area contributed by atoms with Crippen LogP contribution in [0.5, 0.6) is 0 Å². The third-order valence-corrected chi connectivity index (χ3v) is 4.55. The van der Waals surface area contributed by atoms with Gasteiger partial charge in [-0.2, -0.15) is 0 Å². The zero-order valence-corrected chi connectivity index (χ0v) is 17.1. The Bertz CT molecular complexity index is 625. The summed E-state index contributed by atoms with van der Waals surface area (Å²) in [5, 5.41) is 9.96. The SMILES string of the molecule is CCc1nc(CNC(=NC)NCc2ccccc2CC)cs1.I. The fraction of sp³-hybridized carbons (Fsp3) is 0.412. The van der Waals surface area contributed by atoms with E-state index >= 15 is 0 Å². The Morgan fingerprint density at radius 1 is 1.09 bits per heavy atom. The summed E-state index contributed by atoms with van der Waals surface area (Å²) in [4.78, 5) is 8.82. The van der Waals surface area contributed by atoms with Crippen molar-refractivity contribution in [1.29, 1.82) is 0 Å². The molecular weight excluding hydrogens is 419 g/mol. The van der Waals surface area contributed by atoms with Crippen molar-refractivity contribution in [3.8, 4) is 0 Å². The highest BCUT2D eigenvalue weighted by atomic mass is 127. The van der Waals surface area contributed by atoms with Gasteiger partial charge in [0.25, 0.3) is 0 Å². The zero-order chi connectivity index (χ0) is 15.8. The van der Waals surface area contributed by atoms with Gasteiger partial charge in [0.05, 0.1) is 17.2 Å². The Morgan fingerprint density at radius 3 is 2.39 bits per heavy atom. The third kappa shape index (κ3) is 6.10. The molecule has 1 aromatic heterocycles. The van der Waals surface area contributed by atoms with Crippen molar-refractivity contribution in [2.24, 2.45) is 4.99 Å². The fourth-order valence-corrected chi connectivity index (χ4v) is 2.99. The van der Waals surface area contributed by atoms with Crippen LogP contribution in [0.15, 0.2) is 34.6 Å². The molecule has 0 saturated heterocycles. The largest absolute Gasteiger partial charge is 0.352 e. The van der Waals surface area contributed by atoms with E-state index in [0.29, 0.717) is 6.54 Å². The van der Waals surface area contributed by atoms with Crippen LogP contribution in [0.3, 0.4) is 0 Å². The van der Waals surface area contributed by atoms with E-state index in [9.17, 15) is 0 Å². The molecule has 0 radical (unpaired) electrons. The summed E-state index contributed by atoms with van der Waals surface area (Å²) in [5.74, 6) is 0.803. The predicted molar refractivity (Wildman–Crippen MR) is 110 cm³/mol. The molecule has 23 heavy (non-hydrogen) atoms. The Hall–Kier alpha value is -1.15. The van der Waals surface area contributed by atoms with Gasteiger partial charge in [-0.15, -0.1) is 35.3 Å². The molecule has 0 atom stereocenters. The second-order valence-corrected chi connectivity index (χ2v) is 5.93. The van der Waals surface area contributed by atoms with Crippen molar-refractivity contribution < 1.29 is 0 Å². The summed E-state index contributed by atoms with van der Waals surface area (Å²) < 4.78 is 0. The Balaban J connectivity index is 0.00000264. The van der Waals surface area contributed by atoms with E-state index in [-0.39, 0.29) is 24.0 Å². The van der Waals surface area contributed by atoms with Crippen LogP contribution in [0.25, 0.3) is 0 Å². The number of hydrogen-bond donors (Lipinski definition) is 2. The number of hydrogen-bond acceptors (Lipinski definition) is 3. The van der Waals surface area contributed by atoms with E-state index in [4.69, 9.17) is 0 Å². The van der Waals surface area contributed by atoms with Gasteiger partial charge in [0.1, 0.15) is 0 Å². The molecule has 0 spiro atoms. The number of rotatable bonds is 6. The molecule has 1 heterocycles. The Morgan fingerprint density at radius 2 is 1.78 bits per heavy atom. The van der Waals surface area contributed by atoms with Gasteiger partial charge >= 0.3 is 0 Å². The second kappa shape index (κ2) is 10.6. The lowest BCUT2D eigenvalue weighted by Gasteiger charge is -2.13. The standard InChI is InChI=1S/C17H24N4S.HI/c1-4-13-8-6-7-9-14(13)10-19-17(18-3)20-11-15-12-22-16(5-2)21-15;/h6-9,12H,4-5,10-11H2,1-3H3,(H2,18,19,20);1H. The van der Waals surface area contributed by atoms with E-state index in [1.807, 2.05) is 0 Å². The summed E-state index contributed by atoms with van der Waals surface area (Å²) in [6, 6.07) is 8.50. The minimum Gasteiger partial charge on any atom is -0.352 e. The van der Waals surface area contributed by atoms with Gasteiger partial charge in [0, 0.05) is 19.0 Å². The highest BCUT2D eigenvalue weighted by Gasteiger charge is 2.04. The first-order valence-corrected chi connectivity index (χ1v) is 8.59. The van der Waals surface area contributed by atoms with Crippen LogP contribution in [-0.4, -0.2) is 18.0 Å². The maximum Gasteiger partial charge on any atom is 0.191 e. The molecule has 126 valence electrons. The van der Waals surface area contributed by atoms with Gasteiger partial charge in [-0.1, -0.05) is 38.1 Å². The lowest BCUT2D eigenvalue weighted by Crippen LogP contribution is -2.36. The van der Waals surface area contributed by atoms with Crippen molar-refractivity contribution in [1.82, 2.24) is 15.6 Å². The fourth-order valence-electron chi connectivity index (χ4n) is 2.24. The summed E-state index contributed by atoms with van der Waals surface area (Å²) in [6.45, 7) is 5.79. The van der Waals surface area contributed by atoms with Gasteiger partial charge in [0.15, 0.2) is 5.96 Å².